The fourth-order valence-corrected chi connectivity index (χ4v) is 3.20. The summed E-state index contributed by atoms with van der Waals surface area (Å²) in [6, 6.07) is 11.1. The van der Waals surface area contributed by atoms with Gasteiger partial charge in [0, 0.05) is 12.1 Å². The van der Waals surface area contributed by atoms with E-state index in [0.717, 1.165) is 5.56 Å². The molecule has 0 amide bonds. The van der Waals surface area contributed by atoms with E-state index >= 15 is 0 Å². The summed E-state index contributed by atoms with van der Waals surface area (Å²) in [6.45, 7) is 1.74. The zero-order valence-corrected chi connectivity index (χ0v) is 13.2. The van der Waals surface area contributed by atoms with Crippen molar-refractivity contribution in [3.05, 3.63) is 53.6 Å². The highest BCUT2D eigenvalue weighted by Crippen LogP contribution is 2.32. The lowest BCUT2D eigenvalue weighted by molar-refractivity contribution is 0.101. The number of carbonyl (C=O) groups is 1. The fourth-order valence-electron chi connectivity index (χ4n) is 2.18. The molecule has 7 heteroatoms. The van der Waals surface area contributed by atoms with Crippen LogP contribution in [0.4, 0.5) is 0 Å². The third-order valence-corrected chi connectivity index (χ3v) is 4.89. The van der Waals surface area contributed by atoms with Crippen molar-refractivity contribution in [3.63, 3.8) is 0 Å². The summed E-state index contributed by atoms with van der Waals surface area (Å²) in [4.78, 5) is 11.3. The zero-order valence-electron chi connectivity index (χ0n) is 12.4. The average Bonchev–Trinajstić information content (AvgIpc) is 3.01. The Morgan fingerprint density at radius 2 is 1.78 bits per heavy atom. The Morgan fingerprint density at radius 1 is 1.09 bits per heavy atom. The molecule has 3 rings (SSSR count). The molecule has 120 valence electrons. The minimum absolute atomic E-state index is 0.109. The first-order valence-electron chi connectivity index (χ1n) is 6.95. The second-order valence-electron chi connectivity index (χ2n) is 5.09. The van der Waals surface area contributed by atoms with Crippen LogP contribution >= 0.6 is 0 Å². The molecule has 23 heavy (non-hydrogen) atoms. The molecule has 0 bridgehead atoms. The third kappa shape index (κ3) is 3.35. The predicted molar refractivity (Wildman–Crippen MR) is 83.0 cm³/mol. The molecule has 0 fully saturated rings. The van der Waals surface area contributed by atoms with Crippen molar-refractivity contribution >= 4 is 15.8 Å². The molecular weight excluding hydrogens is 318 g/mol. The molecule has 0 saturated carbocycles. The van der Waals surface area contributed by atoms with Crippen LogP contribution < -0.4 is 14.2 Å². The van der Waals surface area contributed by atoms with Crippen LogP contribution in [0, 0.1) is 0 Å². The van der Waals surface area contributed by atoms with Crippen molar-refractivity contribution < 1.29 is 22.7 Å². The first kappa shape index (κ1) is 15.5. The molecule has 0 saturated heterocycles. The molecule has 2 aromatic carbocycles. The van der Waals surface area contributed by atoms with Crippen molar-refractivity contribution in [1.29, 1.82) is 0 Å². The van der Waals surface area contributed by atoms with Crippen LogP contribution in [0.15, 0.2) is 47.4 Å². The molecule has 2 aromatic rings. The van der Waals surface area contributed by atoms with Crippen LogP contribution in [0.1, 0.15) is 22.8 Å². The standard InChI is InChI=1S/C16H15NO5S/c1-11(18)13-3-5-14(6-4-13)23(19,20)17-9-12-2-7-15-16(8-12)22-10-21-15/h2-8,17H,9-10H2,1H3. The SMILES string of the molecule is CC(=O)c1ccc(S(=O)(=O)NCc2ccc3c(c2)OCO3)cc1. The van der Waals surface area contributed by atoms with Crippen LogP contribution in [0.2, 0.25) is 0 Å². The van der Waals surface area contributed by atoms with E-state index in [-0.39, 0.29) is 24.0 Å². The first-order chi connectivity index (χ1) is 11.0. The largest absolute Gasteiger partial charge is 0.454 e. The van der Waals surface area contributed by atoms with E-state index < -0.39 is 10.0 Å². The Hall–Kier alpha value is -2.38. The second kappa shape index (κ2) is 6.02. The van der Waals surface area contributed by atoms with Gasteiger partial charge in [0.15, 0.2) is 17.3 Å². The van der Waals surface area contributed by atoms with Gasteiger partial charge in [-0.1, -0.05) is 18.2 Å². The summed E-state index contributed by atoms with van der Waals surface area (Å²) in [5, 5.41) is 0. The van der Waals surface area contributed by atoms with E-state index in [4.69, 9.17) is 9.47 Å². The molecule has 1 N–H and O–H groups in total. The number of nitrogens with one attached hydrogen (secondary N) is 1. The number of ketones is 1. The summed E-state index contributed by atoms with van der Waals surface area (Å²) in [5.74, 6) is 1.14. The highest BCUT2D eigenvalue weighted by Gasteiger charge is 2.16. The molecule has 1 aliphatic rings. The highest BCUT2D eigenvalue weighted by atomic mass is 32.2. The highest BCUT2D eigenvalue weighted by molar-refractivity contribution is 7.89. The molecule has 0 atom stereocenters. The number of benzene rings is 2. The summed E-state index contributed by atoms with van der Waals surface area (Å²) in [6.07, 6.45) is 0. The molecule has 1 aliphatic heterocycles. The van der Waals surface area contributed by atoms with E-state index in [1.807, 2.05) is 0 Å². The molecular formula is C16H15NO5S. The van der Waals surface area contributed by atoms with E-state index in [2.05, 4.69) is 4.72 Å². The number of hydrogen-bond donors (Lipinski definition) is 1. The van der Waals surface area contributed by atoms with E-state index in [0.29, 0.717) is 17.1 Å². The molecule has 0 aromatic heterocycles. The van der Waals surface area contributed by atoms with E-state index in [1.165, 1.54) is 31.2 Å². The van der Waals surface area contributed by atoms with Gasteiger partial charge in [0.1, 0.15) is 0 Å². The van der Waals surface area contributed by atoms with Gasteiger partial charge in [-0.3, -0.25) is 4.79 Å². The normalized spacial score (nSPS) is 13.1. The Bertz CT molecular complexity index is 843. The van der Waals surface area contributed by atoms with Crippen molar-refractivity contribution in [1.82, 2.24) is 4.72 Å². The summed E-state index contributed by atoms with van der Waals surface area (Å²) in [5.41, 5.74) is 1.23. The van der Waals surface area contributed by atoms with Crippen molar-refractivity contribution in [2.24, 2.45) is 0 Å². The van der Waals surface area contributed by atoms with Crippen LogP contribution in [0.3, 0.4) is 0 Å². The predicted octanol–water partition coefficient (Wildman–Crippen LogP) is 2.10. The van der Waals surface area contributed by atoms with Crippen molar-refractivity contribution in [3.8, 4) is 11.5 Å². The fraction of sp³-hybridized carbons (Fsp3) is 0.188. The molecule has 0 spiro atoms. The van der Waals surface area contributed by atoms with E-state index in [1.54, 1.807) is 18.2 Å². The van der Waals surface area contributed by atoms with Crippen LogP contribution in [-0.2, 0) is 16.6 Å². The monoisotopic (exact) mass is 333 g/mol. The Morgan fingerprint density at radius 3 is 2.48 bits per heavy atom. The number of Topliss-reactive ketones (excluding diaryl/α,β-unsaturated/α-hetero) is 1. The minimum Gasteiger partial charge on any atom is -0.454 e. The Labute approximate surface area is 134 Å². The number of hydrogen-bond acceptors (Lipinski definition) is 5. The lowest BCUT2D eigenvalue weighted by Gasteiger charge is -2.08. The quantitative estimate of drug-likeness (QED) is 0.848. The van der Waals surface area contributed by atoms with Crippen LogP contribution in [-0.4, -0.2) is 21.0 Å². The maximum absolute atomic E-state index is 12.3. The summed E-state index contributed by atoms with van der Waals surface area (Å²) < 4.78 is 37.5. The van der Waals surface area contributed by atoms with Gasteiger partial charge >= 0.3 is 0 Å². The maximum Gasteiger partial charge on any atom is 0.240 e. The van der Waals surface area contributed by atoms with Gasteiger partial charge in [-0.15, -0.1) is 0 Å². The first-order valence-corrected chi connectivity index (χ1v) is 8.43. The number of fused-ring (bicyclic) bond motifs is 1. The molecule has 1 heterocycles. The topological polar surface area (TPSA) is 81.7 Å². The van der Waals surface area contributed by atoms with Crippen molar-refractivity contribution in [2.45, 2.75) is 18.4 Å². The van der Waals surface area contributed by atoms with Crippen LogP contribution in [0.25, 0.3) is 0 Å². The molecule has 0 radical (unpaired) electrons. The van der Waals surface area contributed by atoms with Gasteiger partial charge in [-0.05, 0) is 36.8 Å². The lowest BCUT2D eigenvalue weighted by Crippen LogP contribution is -2.23. The van der Waals surface area contributed by atoms with Gasteiger partial charge in [0.2, 0.25) is 16.8 Å². The Balaban J connectivity index is 1.72. The number of sulfonamides is 1. The van der Waals surface area contributed by atoms with Gasteiger partial charge in [-0.2, -0.15) is 0 Å². The minimum atomic E-state index is -3.65. The summed E-state index contributed by atoms with van der Waals surface area (Å²) in [7, 11) is -3.65. The van der Waals surface area contributed by atoms with Gasteiger partial charge in [0.05, 0.1) is 4.90 Å². The summed E-state index contributed by atoms with van der Waals surface area (Å²) >= 11 is 0. The van der Waals surface area contributed by atoms with Gasteiger partial charge < -0.3 is 9.47 Å². The third-order valence-electron chi connectivity index (χ3n) is 3.47. The van der Waals surface area contributed by atoms with Crippen molar-refractivity contribution in [2.75, 3.05) is 6.79 Å². The van der Waals surface area contributed by atoms with Crippen LogP contribution in [0.5, 0.6) is 11.5 Å². The average molecular weight is 333 g/mol. The van der Waals surface area contributed by atoms with E-state index in [9.17, 15) is 13.2 Å². The maximum atomic E-state index is 12.3. The van der Waals surface area contributed by atoms with Gasteiger partial charge in [0.25, 0.3) is 0 Å². The molecule has 6 nitrogen and oxygen atoms in total. The smallest absolute Gasteiger partial charge is 0.240 e. The van der Waals surface area contributed by atoms with Gasteiger partial charge in [-0.25, -0.2) is 13.1 Å². The number of carbonyl (C=O) groups excluding carboxylic acids is 1. The lowest BCUT2D eigenvalue weighted by atomic mass is 10.2. The molecule has 0 unspecified atom stereocenters. The molecule has 0 aliphatic carbocycles. The Kier molecular flexibility index (Phi) is 4.06. The second-order valence-corrected chi connectivity index (χ2v) is 6.86. The zero-order chi connectivity index (χ0) is 16.4. The number of rotatable bonds is 5. The number of ether oxygens (including phenoxy) is 2.